The Hall–Kier alpha value is -2.59. The van der Waals surface area contributed by atoms with Crippen molar-refractivity contribution in [2.45, 2.75) is 26.7 Å². The van der Waals surface area contributed by atoms with Crippen LogP contribution in [0, 0.1) is 12.8 Å². The number of amides is 2. The molecule has 1 heterocycles. The third-order valence-corrected chi connectivity index (χ3v) is 5.30. The van der Waals surface area contributed by atoms with E-state index in [0.717, 1.165) is 24.0 Å². The van der Waals surface area contributed by atoms with Gasteiger partial charge in [-0.2, -0.15) is 0 Å². The summed E-state index contributed by atoms with van der Waals surface area (Å²) in [4.78, 5) is 27.6. The van der Waals surface area contributed by atoms with Crippen molar-refractivity contribution in [1.29, 1.82) is 0 Å². The molecule has 1 N–H and O–H groups in total. The molecule has 5 heteroatoms. The van der Waals surface area contributed by atoms with Crippen LogP contribution in [0.5, 0.6) is 0 Å². The summed E-state index contributed by atoms with van der Waals surface area (Å²) in [6, 6.07) is 14.5. The van der Waals surface area contributed by atoms with E-state index in [0.29, 0.717) is 29.6 Å². The Kier molecular flexibility index (Phi) is 6.53. The zero-order valence-electron chi connectivity index (χ0n) is 16.2. The minimum Gasteiger partial charge on any atom is -0.337 e. The van der Waals surface area contributed by atoms with Gasteiger partial charge in [-0.1, -0.05) is 48.4 Å². The quantitative estimate of drug-likeness (QED) is 0.763. The minimum atomic E-state index is -0.293. The number of nitrogens with one attached hydrogen (secondary N) is 1. The lowest BCUT2D eigenvalue weighted by Crippen LogP contribution is -2.42. The molecule has 0 unspecified atom stereocenters. The Balaban J connectivity index is 1.85. The molecule has 1 aliphatic heterocycles. The van der Waals surface area contributed by atoms with Crippen LogP contribution >= 0.6 is 11.6 Å². The van der Waals surface area contributed by atoms with Crippen molar-refractivity contribution >= 4 is 29.5 Å². The highest BCUT2D eigenvalue weighted by Crippen LogP contribution is 2.19. The van der Waals surface area contributed by atoms with Crippen LogP contribution in [-0.4, -0.2) is 29.8 Å². The lowest BCUT2D eigenvalue weighted by atomic mass is 9.99. The number of nitrogens with zero attached hydrogens (tertiary/aromatic N) is 1. The highest BCUT2D eigenvalue weighted by Gasteiger charge is 2.24. The van der Waals surface area contributed by atoms with Crippen LogP contribution in [0.25, 0.3) is 6.08 Å². The third-order valence-electron chi connectivity index (χ3n) is 5.04. The zero-order chi connectivity index (χ0) is 20.1. The smallest absolute Gasteiger partial charge is 0.270 e. The number of likely N-dealkylation sites (tertiary alicyclic amines) is 1. The Bertz CT molecular complexity index is 864. The normalized spacial score (nSPS) is 15.4. The van der Waals surface area contributed by atoms with Crippen molar-refractivity contribution in [2.24, 2.45) is 5.92 Å². The van der Waals surface area contributed by atoms with E-state index in [4.69, 9.17) is 11.6 Å². The van der Waals surface area contributed by atoms with Gasteiger partial charge in [0.1, 0.15) is 5.70 Å². The number of hydrogen-bond acceptors (Lipinski definition) is 2. The maximum Gasteiger partial charge on any atom is 0.270 e. The standard InChI is InChI=1S/C23H25ClN2O2/c1-16-3-7-19(8-4-16)22(27)25-21(15-18-5-9-20(24)10-6-18)23(28)26-13-11-17(2)12-14-26/h3-10,15,17H,11-14H2,1-2H3,(H,25,27)/b21-15-. The van der Waals surface area contributed by atoms with Gasteiger partial charge in [0.2, 0.25) is 0 Å². The summed E-state index contributed by atoms with van der Waals surface area (Å²) in [5, 5.41) is 3.45. The van der Waals surface area contributed by atoms with E-state index in [1.807, 2.05) is 36.1 Å². The minimum absolute atomic E-state index is 0.151. The first-order chi connectivity index (χ1) is 13.4. The average Bonchev–Trinajstić information content (AvgIpc) is 2.69. The second-order valence-electron chi connectivity index (χ2n) is 7.40. The van der Waals surface area contributed by atoms with E-state index in [2.05, 4.69) is 12.2 Å². The summed E-state index contributed by atoms with van der Waals surface area (Å²) in [6.07, 6.45) is 3.67. The third kappa shape index (κ3) is 5.23. The summed E-state index contributed by atoms with van der Waals surface area (Å²) in [5.41, 5.74) is 2.68. The molecule has 0 bridgehead atoms. The summed E-state index contributed by atoms with van der Waals surface area (Å²) in [6.45, 7) is 5.58. The summed E-state index contributed by atoms with van der Waals surface area (Å²) < 4.78 is 0. The van der Waals surface area contributed by atoms with Crippen LogP contribution in [0.3, 0.4) is 0 Å². The van der Waals surface area contributed by atoms with E-state index in [1.54, 1.807) is 30.3 Å². The summed E-state index contributed by atoms with van der Waals surface area (Å²) >= 11 is 5.96. The van der Waals surface area contributed by atoms with E-state index >= 15 is 0 Å². The highest BCUT2D eigenvalue weighted by molar-refractivity contribution is 6.30. The fourth-order valence-electron chi connectivity index (χ4n) is 3.16. The number of aryl methyl sites for hydroxylation is 1. The number of carbonyl (C=O) groups is 2. The lowest BCUT2D eigenvalue weighted by Gasteiger charge is -2.31. The van der Waals surface area contributed by atoms with Crippen LogP contribution in [0.2, 0.25) is 5.02 Å². The number of carbonyl (C=O) groups excluding carboxylic acids is 2. The molecule has 0 aromatic heterocycles. The fraction of sp³-hybridized carbons (Fsp3) is 0.304. The van der Waals surface area contributed by atoms with Crippen molar-refractivity contribution in [3.05, 3.63) is 75.9 Å². The molecule has 3 rings (SSSR count). The molecular formula is C23H25ClN2O2. The molecule has 0 aliphatic carbocycles. The van der Waals surface area contributed by atoms with E-state index < -0.39 is 0 Å². The number of benzene rings is 2. The van der Waals surface area contributed by atoms with Gasteiger partial charge in [-0.25, -0.2) is 0 Å². The molecule has 146 valence electrons. The van der Waals surface area contributed by atoms with Crippen molar-refractivity contribution in [3.63, 3.8) is 0 Å². The predicted octanol–water partition coefficient (Wildman–Crippen LogP) is 4.68. The molecule has 0 radical (unpaired) electrons. The van der Waals surface area contributed by atoms with E-state index in [9.17, 15) is 9.59 Å². The highest BCUT2D eigenvalue weighted by atomic mass is 35.5. The maximum absolute atomic E-state index is 13.1. The van der Waals surface area contributed by atoms with Gasteiger partial charge >= 0.3 is 0 Å². The molecule has 1 fully saturated rings. The van der Waals surface area contributed by atoms with Crippen LogP contribution in [-0.2, 0) is 4.79 Å². The number of hydrogen-bond donors (Lipinski definition) is 1. The van der Waals surface area contributed by atoms with Gasteiger partial charge in [0.25, 0.3) is 11.8 Å². The molecule has 4 nitrogen and oxygen atoms in total. The van der Waals surface area contributed by atoms with Crippen LogP contribution in [0.1, 0.15) is 41.3 Å². The molecule has 2 aromatic carbocycles. The average molecular weight is 397 g/mol. The molecule has 28 heavy (non-hydrogen) atoms. The predicted molar refractivity (Wildman–Crippen MR) is 113 cm³/mol. The molecule has 0 atom stereocenters. The Morgan fingerprint density at radius 3 is 2.25 bits per heavy atom. The number of piperidine rings is 1. The SMILES string of the molecule is Cc1ccc(C(=O)N/C(=C\c2ccc(Cl)cc2)C(=O)N2CCC(C)CC2)cc1. The molecular weight excluding hydrogens is 372 g/mol. The summed E-state index contributed by atoms with van der Waals surface area (Å²) in [7, 11) is 0. The van der Waals surface area contributed by atoms with Crippen LogP contribution in [0.15, 0.2) is 54.2 Å². The Labute approximate surface area is 171 Å². The Morgan fingerprint density at radius 2 is 1.64 bits per heavy atom. The maximum atomic E-state index is 13.1. The first kappa shape index (κ1) is 20.2. The molecule has 0 saturated carbocycles. The fourth-order valence-corrected chi connectivity index (χ4v) is 3.28. The second-order valence-corrected chi connectivity index (χ2v) is 7.84. The topological polar surface area (TPSA) is 49.4 Å². The monoisotopic (exact) mass is 396 g/mol. The second kappa shape index (κ2) is 9.07. The number of rotatable bonds is 4. The van der Waals surface area contributed by atoms with Crippen molar-refractivity contribution in [2.75, 3.05) is 13.1 Å². The van der Waals surface area contributed by atoms with Gasteiger partial charge in [0, 0.05) is 23.7 Å². The first-order valence-electron chi connectivity index (χ1n) is 9.57. The van der Waals surface area contributed by atoms with Crippen molar-refractivity contribution in [1.82, 2.24) is 10.2 Å². The van der Waals surface area contributed by atoms with Gasteiger partial charge in [-0.15, -0.1) is 0 Å². The molecule has 2 aromatic rings. The van der Waals surface area contributed by atoms with Crippen molar-refractivity contribution < 1.29 is 9.59 Å². The summed E-state index contributed by atoms with van der Waals surface area (Å²) in [5.74, 6) is 0.177. The van der Waals surface area contributed by atoms with Gasteiger partial charge in [-0.3, -0.25) is 9.59 Å². The largest absolute Gasteiger partial charge is 0.337 e. The van der Waals surface area contributed by atoms with E-state index in [-0.39, 0.29) is 17.5 Å². The Morgan fingerprint density at radius 1 is 1.04 bits per heavy atom. The molecule has 1 saturated heterocycles. The zero-order valence-corrected chi connectivity index (χ0v) is 17.0. The van der Waals surface area contributed by atoms with E-state index in [1.165, 1.54) is 0 Å². The van der Waals surface area contributed by atoms with Gasteiger partial charge in [-0.05, 0) is 61.6 Å². The molecule has 2 amide bonds. The van der Waals surface area contributed by atoms with Gasteiger partial charge < -0.3 is 10.2 Å². The lowest BCUT2D eigenvalue weighted by molar-refractivity contribution is -0.128. The first-order valence-corrected chi connectivity index (χ1v) is 9.95. The molecule has 0 spiro atoms. The van der Waals surface area contributed by atoms with Gasteiger partial charge in [0.05, 0.1) is 0 Å². The van der Waals surface area contributed by atoms with Crippen LogP contribution in [0.4, 0.5) is 0 Å². The molecule has 1 aliphatic rings. The van der Waals surface area contributed by atoms with Gasteiger partial charge in [0.15, 0.2) is 0 Å². The van der Waals surface area contributed by atoms with Crippen LogP contribution < -0.4 is 5.32 Å². The number of halogens is 1. The van der Waals surface area contributed by atoms with Crippen molar-refractivity contribution in [3.8, 4) is 0 Å².